The van der Waals surface area contributed by atoms with Crippen molar-refractivity contribution < 1.29 is 18.9 Å². The highest BCUT2D eigenvalue weighted by Gasteiger charge is 2.13. The normalized spacial score (nSPS) is 10.0. The van der Waals surface area contributed by atoms with Gasteiger partial charge in [0.2, 0.25) is 5.75 Å². The van der Waals surface area contributed by atoms with Crippen LogP contribution < -0.4 is 24.3 Å². The second kappa shape index (κ2) is 7.45. The minimum Gasteiger partial charge on any atom is -0.496 e. The maximum absolute atomic E-state index is 5.35. The fourth-order valence-corrected chi connectivity index (χ4v) is 2.23. The summed E-state index contributed by atoms with van der Waals surface area (Å²) in [5, 5.41) is 3.34. The van der Waals surface area contributed by atoms with E-state index >= 15 is 0 Å². The lowest BCUT2D eigenvalue weighted by atomic mass is 10.2. The molecule has 22 heavy (non-hydrogen) atoms. The Balaban J connectivity index is 2.22. The molecule has 2 aromatic carbocycles. The molecule has 0 saturated heterocycles. The molecule has 0 bridgehead atoms. The van der Waals surface area contributed by atoms with E-state index in [1.165, 1.54) is 0 Å². The van der Waals surface area contributed by atoms with Crippen LogP contribution in [-0.2, 0) is 6.54 Å². The number of rotatable bonds is 7. The zero-order valence-electron chi connectivity index (χ0n) is 13.3. The molecular formula is C17H21NO4. The average molecular weight is 303 g/mol. The summed E-state index contributed by atoms with van der Waals surface area (Å²) in [6, 6.07) is 11.6. The van der Waals surface area contributed by atoms with Gasteiger partial charge in [-0.25, -0.2) is 0 Å². The monoisotopic (exact) mass is 303 g/mol. The first kappa shape index (κ1) is 15.8. The van der Waals surface area contributed by atoms with Crippen molar-refractivity contribution in [1.29, 1.82) is 0 Å². The molecule has 0 heterocycles. The standard InChI is InChI=1S/C17H21NO4/c1-19-14-8-6-5-7-12(14)11-18-13-9-15(20-2)17(22-4)16(10-13)21-3/h5-10,18H,11H2,1-4H3. The number of para-hydroxylation sites is 1. The van der Waals surface area contributed by atoms with Gasteiger partial charge in [0.25, 0.3) is 0 Å². The van der Waals surface area contributed by atoms with Gasteiger partial charge in [-0.3, -0.25) is 0 Å². The third-order valence-electron chi connectivity index (χ3n) is 3.34. The second-order valence-corrected chi connectivity index (χ2v) is 4.58. The summed E-state index contributed by atoms with van der Waals surface area (Å²) in [6.45, 7) is 0.628. The Morgan fingerprint density at radius 3 is 1.91 bits per heavy atom. The average Bonchev–Trinajstić information content (AvgIpc) is 2.58. The van der Waals surface area contributed by atoms with Gasteiger partial charge in [0.1, 0.15) is 5.75 Å². The Bertz CT molecular complexity index is 603. The van der Waals surface area contributed by atoms with Gasteiger partial charge in [0.05, 0.1) is 28.4 Å². The van der Waals surface area contributed by atoms with Crippen molar-refractivity contribution >= 4 is 5.69 Å². The summed E-state index contributed by atoms with van der Waals surface area (Å²) in [7, 11) is 6.45. The number of anilines is 1. The van der Waals surface area contributed by atoms with Crippen molar-refractivity contribution in [3.8, 4) is 23.0 Å². The van der Waals surface area contributed by atoms with Gasteiger partial charge in [-0.15, -0.1) is 0 Å². The quantitative estimate of drug-likeness (QED) is 0.850. The van der Waals surface area contributed by atoms with Crippen molar-refractivity contribution in [2.24, 2.45) is 0 Å². The molecular weight excluding hydrogens is 282 g/mol. The maximum atomic E-state index is 5.35. The third-order valence-corrected chi connectivity index (χ3v) is 3.34. The van der Waals surface area contributed by atoms with Crippen LogP contribution in [0.25, 0.3) is 0 Å². The van der Waals surface area contributed by atoms with Crippen molar-refractivity contribution in [1.82, 2.24) is 0 Å². The smallest absolute Gasteiger partial charge is 0.203 e. The van der Waals surface area contributed by atoms with Gasteiger partial charge in [-0.1, -0.05) is 18.2 Å². The summed E-state index contributed by atoms with van der Waals surface area (Å²) >= 11 is 0. The van der Waals surface area contributed by atoms with Crippen LogP contribution in [0.2, 0.25) is 0 Å². The largest absolute Gasteiger partial charge is 0.496 e. The number of hydrogen-bond donors (Lipinski definition) is 1. The second-order valence-electron chi connectivity index (χ2n) is 4.58. The van der Waals surface area contributed by atoms with E-state index in [1.807, 2.05) is 36.4 Å². The minimum absolute atomic E-state index is 0.577. The molecule has 2 rings (SSSR count). The Hall–Kier alpha value is -2.56. The van der Waals surface area contributed by atoms with E-state index in [4.69, 9.17) is 18.9 Å². The van der Waals surface area contributed by atoms with Crippen LogP contribution in [0.5, 0.6) is 23.0 Å². The molecule has 0 aromatic heterocycles. The maximum Gasteiger partial charge on any atom is 0.203 e. The highest BCUT2D eigenvalue weighted by Crippen LogP contribution is 2.40. The van der Waals surface area contributed by atoms with Crippen molar-refractivity contribution in [2.75, 3.05) is 33.8 Å². The van der Waals surface area contributed by atoms with Crippen LogP contribution in [0, 0.1) is 0 Å². The minimum atomic E-state index is 0.577. The van der Waals surface area contributed by atoms with Crippen LogP contribution in [-0.4, -0.2) is 28.4 Å². The number of benzene rings is 2. The highest BCUT2D eigenvalue weighted by atomic mass is 16.5. The van der Waals surface area contributed by atoms with Gasteiger partial charge in [0, 0.05) is 29.9 Å². The Morgan fingerprint density at radius 2 is 1.36 bits per heavy atom. The fourth-order valence-electron chi connectivity index (χ4n) is 2.23. The molecule has 0 aliphatic heterocycles. The van der Waals surface area contributed by atoms with E-state index in [0.717, 1.165) is 17.0 Å². The van der Waals surface area contributed by atoms with E-state index in [1.54, 1.807) is 28.4 Å². The lowest BCUT2D eigenvalue weighted by molar-refractivity contribution is 0.324. The van der Waals surface area contributed by atoms with Gasteiger partial charge in [-0.05, 0) is 6.07 Å². The molecule has 0 saturated carbocycles. The molecule has 0 amide bonds. The topological polar surface area (TPSA) is 49.0 Å². The van der Waals surface area contributed by atoms with Crippen LogP contribution in [0.15, 0.2) is 36.4 Å². The van der Waals surface area contributed by atoms with Crippen LogP contribution in [0.4, 0.5) is 5.69 Å². The number of ether oxygens (including phenoxy) is 4. The molecule has 0 aliphatic rings. The van der Waals surface area contributed by atoms with Crippen molar-refractivity contribution in [3.63, 3.8) is 0 Å². The third kappa shape index (κ3) is 3.36. The highest BCUT2D eigenvalue weighted by molar-refractivity contribution is 5.62. The first-order chi connectivity index (χ1) is 10.7. The van der Waals surface area contributed by atoms with Crippen LogP contribution in [0.1, 0.15) is 5.56 Å². The van der Waals surface area contributed by atoms with E-state index in [2.05, 4.69) is 5.32 Å². The Kier molecular flexibility index (Phi) is 5.36. The molecule has 1 N–H and O–H groups in total. The van der Waals surface area contributed by atoms with E-state index in [0.29, 0.717) is 23.8 Å². The van der Waals surface area contributed by atoms with Crippen molar-refractivity contribution in [2.45, 2.75) is 6.54 Å². The lowest BCUT2D eigenvalue weighted by Crippen LogP contribution is -2.03. The molecule has 0 unspecified atom stereocenters. The predicted octanol–water partition coefficient (Wildman–Crippen LogP) is 3.33. The Morgan fingerprint density at radius 1 is 0.773 bits per heavy atom. The molecule has 0 spiro atoms. The molecule has 0 fully saturated rings. The first-order valence-corrected chi connectivity index (χ1v) is 6.89. The SMILES string of the molecule is COc1ccccc1CNc1cc(OC)c(OC)c(OC)c1. The zero-order valence-corrected chi connectivity index (χ0v) is 13.3. The summed E-state index contributed by atoms with van der Waals surface area (Å²) in [4.78, 5) is 0. The summed E-state index contributed by atoms with van der Waals surface area (Å²) in [6.07, 6.45) is 0. The van der Waals surface area contributed by atoms with Crippen LogP contribution >= 0.6 is 0 Å². The zero-order chi connectivity index (χ0) is 15.9. The molecule has 0 radical (unpaired) electrons. The molecule has 5 heteroatoms. The summed E-state index contributed by atoms with van der Waals surface area (Å²) in [5.41, 5.74) is 1.94. The number of hydrogen-bond acceptors (Lipinski definition) is 5. The molecule has 0 aliphatic carbocycles. The first-order valence-electron chi connectivity index (χ1n) is 6.89. The van der Waals surface area contributed by atoms with Gasteiger partial charge >= 0.3 is 0 Å². The number of methoxy groups -OCH3 is 4. The Labute approximate surface area is 130 Å². The van der Waals surface area contributed by atoms with E-state index in [9.17, 15) is 0 Å². The lowest BCUT2D eigenvalue weighted by Gasteiger charge is -2.15. The molecule has 2 aromatic rings. The van der Waals surface area contributed by atoms with Gasteiger partial charge in [0.15, 0.2) is 11.5 Å². The predicted molar refractivity (Wildman–Crippen MR) is 86.4 cm³/mol. The molecule has 5 nitrogen and oxygen atoms in total. The van der Waals surface area contributed by atoms with Crippen LogP contribution in [0.3, 0.4) is 0 Å². The van der Waals surface area contributed by atoms with E-state index in [-0.39, 0.29) is 0 Å². The summed E-state index contributed by atoms with van der Waals surface area (Å²) in [5.74, 6) is 2.66. The van der Waals surface area contributed by atoms with Gasteiger partial charge in [-0.2, -0.15) is 0 Å². The van der Waals surface area contributed by atoms with Crippen molar-refractivity contribution in [3.05, 3.63) is 42.0 Å². The van der Waals surface area contributed by atoms with E-state index < -0.39 is 0 Å². The summed E-state index contributed by atoms with van der Waals surface area (Å²) < 4.78 is 21.4. The molecule has 118 valence electrons. The molecule has 0 atom stereocenters. The fraction of sp³-hybridized carbons (Fsp3) is 0.294. The number of nitrogens with one attached hydrogen (secondary N) is 1. The van der Waals surface area contributed by atoms with Gasteiger partial charge < -0.3 is 24.3 Å².